The number of hydrogen-bond donors (Lipinski definition) is 1. The third kappa shape index (κ3) is 6.03. The lowest BCUT2D eigenvalue weighted by Gasteiger charge is -2.20. The van der Waals surface area contributed by atoms with Crippen LogP contribution in [0.1, 0.15) is 0 Å². The minimum Gasteiger partial charge on any atom is -0.383 e. The Balaban J connectivity index is 4.16. The van der Waals surface area contributed by atoms with Gasteiger partial charge in [-0.1, -0.05) is 0 Å². The van der Waals surface area contributed by atoms with Gasteiger partial charge < -0.3 is 19.7 Å². The molecule has 0 aliphatic rings. The number of methoxy groups -OCH3 is 2. The molecule has 15 heavy (non-hydrogen) atoms. The summed E-state index contributed by atoms with van der Waals surface area (Å²) in [5, 5.41) is 2.45. The summed E-state index contributed by atoms with van der Waals surface area (Å²) in [6.45, 7) is 0.779. The molecule has 0 saturated carbocycles. The van der Waals surface area contributed by atoms with Crippen LogP contribution in [0.15, 0.2) is 0 Å². The quantitative estimate of drug-likeness (QED) is 0.586. The highest BCUT2D eigenvalue weighted by Crippen LogP contribution is 1.91. The molecule has 0 fully saturated rings. The van der Waals surface area contributed by atoms with Gasteiger partial charge in [0.25, 0.3) is 0 Å². The van der Waals surface area contributed by atoms with Crippen molar-refractivity contribution in [3.63, 3.8) is 0 Å². The topological polar surface area (TPSA) is 67.9 Å². The second kappa shape index (κ2) is 8.19. The van der Waals surface area contributed by atoms with Gasteiger partial charge in [0.2, 0.25) is 11.8 Å². The van der Waals surface area contributed by atoms with E-state index >= 15 is 0 Å². The van der Waals surface area contributed by atoms with Crippen molar-refractivity contribution < 1.29 is 19.1 Å². The normalized spacial score (nSPS) is 9.80. The van der Waals surface area contributed by atoms with E-state index in [-0.39, 0.29) is 25.0 Å². The third-order valence-corrected chi connectivity index (χ3v) is 1.80. The van der Waals surface area contributed by atoms with Crippen LogP contribution in [0.4, 0.5) is 0 Å². The van der Waals surface area contributed by atoms with Crippen molar-refractivity contribution in [1.29, 1.82) is 0 Å². The first kappa shape index (κ1) is 13.9. The zero-order chi connectivity index (χ0) is 11.7. The Morgan fingerprint density at radius 2 is 1.93 bits per heavy atom. The molecule has 0 radical (unpaired) electrons. The molecule has 0 bridgehead atoms. The number of rotatable bonds is 7. The van der Waals surface area contributed by atoms with Gasteiger partial charge >= 0.3 is 0 Å². The zero-order valence-electron chi connectivity index (χ0n) is 9.41. The average molecular weight is 218 g/mol. The van der Waals surface area contributed by atoms with Gasteiger partial charge in [0.1, 0.15) is 6.61 Å². The van der Waals surface area contributed by atoms with Crippen LogP contribution in [0.25, 0.3) is 0 Å². The van der Waals surface area contributed by atoms with Crippen molar-refractivity contribution in [1.82, 2.24) is 10.2 Å². The number of ether oxygens (including phenoxy) is 2. The molecule has 0 aliphatic carbocycles. The number of amides is 2. The molecular weight excluding hydrogens is 200 g/mol. The van der Waals surface area contributed by atoms with Crippen molar-refractivity contribution in [3.05, 3.63) is 0 Å². The third-order valence-electron chi connectivity index (χ3n) is 1.80. The lowest BCUT2D eigenvalue weighted by molar-refractivity contribution is -0.139. The fourth-order valence-electron chi connectivity index (χ4n) is 0.961. The van der Waals surface area contributed by atoms with Crippen LogP contribution in [0.2, 0.25) is 0 Å². The molecule has 0 spiro atoms. The van der Waals surface area contributed by atoms with Gasteiger partial charge in [-0.2, -0.15) is 0 Å². The van der Waals surface area contributed by atoms with Crippen molar-refractivity contribution >= 4 is 11.8 Å². The standard InChI is InChI=1S/C9H18N2O4/c1-10-8(12)6-11(4-5-14-2)9(13)7-15-3/h4-7H2,1-3H3,(H,10,12). The minimum absolute atomic E-state index is 0.0271. The summed E-state index contributed by atoms with van der Waals surface area (Å²) in [6.07, 6.45) is 0. The molecule has 0 unspecified atom stereocenters. The van der Waals surface area contributed by atoms with Gasteiger partial charge in [0, 0.05) is 27.8 Å². The second-order valence-electron chi connectivity index (χ2n) is 2.91. The smallest absolute Gasteiger partial charge is 0.249 e. The largest absolute Gasteiger partial charge is 0.383 e. The maximum atomic E-state index is 11.5. The first-order valence-electron chi connectivity index (χ1n) is 4.62. The number of likely N-dealkylation sites (N-methyl/N-ethyl adjacent to an activating group) is 1. The summed E-state index contributed by atoms with van der Waals surface area (Å²) in [5.74, 6) is -0.436. The first-order valence-corrected chi connectivity index (χ1v) is 4.62. The molecule has 0 aromatic rings. The number of carbonyl (C=O) groups excluding carboxylic acids is 2. The molecule has 0 rings (SSSR count). The van der Waals surface area contributed by atoms with Gasteiger partial charge in [-0.3, -0.25) is 9.59 Å². The van der Waals surface area contributed by atoms with Crippen LogP contribution in [0.5, 0.6) is 0 Å². The maximum absolute atomic E-state index is 11.5. The van der Waals surface area contributed by atoms with Crippen LogP contribution < -0.4 is 5.32 Å². The molecule has 6 heteroatoms. The van der Waals surface area contributed by atoms with Gasteiger partial charge in [0.05, 0.1) is 13.2 Å². The van der Waals surface area contributed by atoms with E-state index in [9.17, 15) is 9.59 Å². The molecule has 0 saturated heterocycles. The molecular formula is C9H18N2O4. The van der Waals surface area contributed by atoms with E-state index in [4.69, 9.17) is 9.47 Å². The second-order valence-corrected chi connectivity index (χ2v) is 2.91. The van der Waals surface area contributed by atoms with Crippen LogP contribution in [0, 0.1) is 0 Å². The summed E-state index contributed by atoms with van der Waals surface area (Å²) in [4.78, 5) is 24.0. The molecule has 6 nitrogen and oxygen atoms in total. The van der Waals surface area contributed by atoms with E-state index in [0.717, 1.165) is 0 Å². The zero-order valence-corrected chi connectivity index (χ0v) is 9.41. The van der Waals surface area contributed by atoms with Crippen LogP contribution in [-0.4, -0.2) is 64.3 Å². The fraction of sp³-hybridized carbons (Fsp3) is 0.778. The van der Waals surface area contributed by atoms with Crippen LogP contribution in [-0.2, 0) is 19.1 Å². The number of hydrogen-bond acceptors (Lipinski definition) is 4. The Labute approximate surface area is 89.5 Å². The van der Waals surface area contributed by atoms with Gasteiger partial charge in [-0.05, 0) is 0 Å². The summed E-state index contributed by atoms with van der Waals surface area (Å²) in [6, 6.07) is 0. The summed E-state index contributed by atoms with van der Waals surface area (Å²) >= 11 is 0. The van der Waals surface area contributed by atoms with Crippen molar-refractivity contribution in [2.45, 2.75) is 0 Å². The Bertz CT molecular complexity index is 208. The molecule has 2 amide bonds. The summed E-state index contributed by atoms with van der Waals surface area (Å²) in [7, 11) is 4.50. The van der Waals surface area contributed by atoms with E-state index in [0.29, 0.717) is 13.2 Å². The Hall–Kier alpha value is -1.14. The van der Waals surface area contributed by atoms with Gasteiger partial charge in [0.15, 0.2) is 0 Å². The summed E-state index contributed by atoms with van der Waals surface area (Å²) in [5.41, 5.74) is 0. The van der Waals surface area contributed by atoms with Gasteiger partial charge in [-0.25, -0.2) is 0 Å². The molecule has 0 heterocycles. The van der Waals surface area contributed by atoms with E-state index in [1.807, 2.05) is 0 Å². The van der Waals surface area contributed by atoms with Crippen molar-refractivity contribution in [2.24, 2.45) is 0 Å². The highest BCUT2D eigenvalue weighted by Gasteiger charge is 2.15. The Morgan fingerprint density at radius 3 is 2.40 bits per heavy atom. The molecule has 0 atom stereocenters. The molecule has 0 aliphatic heterocycles. The Morgan fingerprint density at radius 1 is 1.27 bits per heavy atom. The predicted octanol–water partition coefficient (Wildman–Crippen LogP) is -1.15. The van der Waals surface area contributed by atoms with E-state index in [1.165, 1.54) is 19.1 Å². The van der Waals surface area contributed by atoms with E-state index < -0.39 is 0 Å². The average Bonchev–Trinajstić information content (AvgIpc) is 2.24. The van der Waals surface area contributed by atoms with E-state index in [2.05, 4.69) is 5.32 Å². The molecule has 0 aromatic carbocycles. The highest BCUT2D eigenvalue weighted by molar-refractivity contribution is 5.85. The number of nitrogens with one attached hydrogen (secondary N) is 1. The monoisotopic (exact) mass is 218 g/mol. The molecule has 88 valence electrons. The fourth-order valence-corrected chi connectivity index (χ4v) is 0.961. The lowest BCUT2D eigenvalue weighted by Crippen LogP contribution is -2.42. The minimum atomic E-state index is -0.224. The first-order chi connectivity index (χ1) is 7.15. The molecule has 1 N–H and O–H groups in total. The van der Waals surface area contributed by atoms with Crippen LogP contribution in [0.3, 0.4) is 0 Å². The SMILES string of the molecule is CNC(=O)CN(CCOC)C(=O)COC. The van der Waals surface area contributed by atoms with Gasteiger partial charge in [-0.15, -0.1) is 0 Å². The van der Waals surface area contributed by atoms with Crippen LogP contribution >= 0.6 is 0 Å². The molecule has 0 aromatic heterocycles. The lowest BCUT2D eigenvalue weighted by atomic mass is 10.4. The number of nitrogens with zero attached hydrogens (tertiary/aromatic N) is 1. The number of carbonyl (C=O) groups is 2. The summed E-state index contributed by atoms with van der Waals surface area (Å²) < 4.78 is 9.57. The van der Waals surface area contributed by atoms with E-state index in [1.54, 1.807) is 7.11 Å². The maximum Gasteiger partial charge on any atom is 0.249 e. The van der Waals surface area contributed by atoms with Crippen molar-refractivity contribution in [3.8, 4) is 0 Å². The van der Waals surface area contributed by atoms with Crippen molar-refractivity contribution in [2.75, 3.05) is 47.6 Å². The predicted molar refractivity (Wildman–Crippen MR) is 54.4 cm³/mol. The Kier molecular flexibility index (Phi) is 7.57. The highest BCUT2D eigenvalue weighted by atomic mass is 16.5.